The summed E-state index contributed by atoms with van der Waals surface area (Å²) < 4.78 is 13.5. The number of aliphatic hydroxyl groups is 1. The van der Waals surface area contributed by atoms with Gasteiger partial charge in [0.25, 0.3) is 0 Å². The minimum atomic E-state index is -0.492. The van der Waals surface area contributed by atoms with Gasteiger partial charge in [0.05, 0.1) is 18.8 Å². The van der Waals surface area contributed by atoms with E-state index in [-0.39, 0.29) is 24.8 Å². The van der Waals surface area contributed by atoms with Crippen LogP contribution in [0.4, 0.5) is 4.79 Å². The lowest BCUT2D eigenvalue weighted by Gasteiger charge is -2.39. The predicted molar refractivity (Wildman–Crippen MR) is 176 cm³/mol. The highest BCUT2D eigenvalue weighted by Gasteiger charge is 2.36. The highest BCUT2D eigenvalue weighted by molar-refractivity contribution is 5.74. The molecule has 6 rings (SSSR count). The van der Waals surface area contributed by atoms with Gasteiger partial charge in [-0.3, -0.25) is 4.90 Å². The molecular weight excluding hydrogens is 564 g/mol. The first-order valence-electron chi connectivity index (χ1n) is 16.8. The molecule has 3 aromatic rings. The smallest absolute Gasteiger partial charge is 0.315 e. The molecule has 4 atom stereocenters. The first-order valence-corrected chi connectivity index (χ1v) is 16.8. The molecule has 8 nitrogen and oxygen atoms in total. The molecule has 3 aromatic carbocycles. The number of nitrogens with one attached hydrogen (secondary N) is 2. The Bertz CT molecular complexity index is 1390. The fourth-order valence-electron chi connectivity index (χ4n) is 7.03. The second-order valence-corrected chi connectivity index (χ2v) is 12.7. The van der Waals surface area contributed by atoms with Crippen LogP contribution in [0.25, 0.3) is 11.1 Å². The number of hydrogen-bond donors (Lipinski definition) is 3. The fourth-order valence-corrected chi connectivity index (χ4v) is 7.03. The van der Waals surface area contributed by atoms with Crippen LogP contribution < -0.4 is 10.6 Å². The largest absolute Gasteiger partial charge is 0.392 e. The molecule has 0 radical (unpaired) electrons. The number of carbonyl (C=O) groups is 1. The lowest BCUT2D eigenvalue weighted by Crippen LogP contribution is -2.45. The summed E-state index contributed by atoms with van der Waals surface area (Å²) in [5, 5.41) is 15.3. The van der Waals surface area contributed by atoms with Crippen molar-refractivity contribution >= 4 is 6.03 Å². The Labute approximate surface area is 267 Å². The normalized spacial score (nSPS) is 24.1. The average molecular weight is 613 g/mol. The highest BCUT2D eigenvalue weighted by Crippen LogP contribution is 2.39. The van der Waals surface area contributed by atoms with Crippen molar-refractivity contribution in [2.24, 2.45) is 0 Å². The third-order valence-corrected chi connectivity index (χ3v) is 9.43. The molecule has 2 amide bonds. The first kappa shape index (κ1) is 31.7. The lowest BCUT2D eigenvalue weighted by molar-refractivity contribution is -0.253. The number of benzene rings is 3. The minimum absolute atomic E-state index is 0.0313. The number of aliphatic hydroxyl groups excluding tert-OH is 1. The zero-order valence-corrected chi connectivity index (χ0v) is 26.5. The Balaban J connectivity index is 1.20. The third kappa shape index (κ3) is 8.31. The van der Waals surface area contributed by atoms with E-state index < -0.39 is 6.29 Å². The Morgan fingerprint density at radius 3 is 2.40 bits per heavy atom. The van der Waals surface area contributed by atoms with Crippen molar-refractivity contribution in [3.8, 4) is 11.1 Å². The van der Waals surface area contributed by atoms with E-state index in [9.17, 15) is 9.90 Å². The molecule has 3 N–H and O–H groups in total. The van der Waals surface area contributed by atoms with Gasteiger partial charge in [0.15, 0.2) is 6.29 Å². The number of nitrogens with zero attached hydrogens (tertiary/aromatic N) is 2. The van der Waals surface area contributed by atoms with E-state index in [1.807, 2.05) is 31.2 Å². The Hall–Kier alpha value is -3.27. The van der Waals surface area contributed by atoms with Crippen molar-refractivity contribution in [1.82, 2.24) is 20.4 Å². The van der Waals surface area contributed by atoms with Crippen molar-refractivity contribution < 1.29 is 19.4 Å². The van der Waals surface area contributed by atoms with Gasteiger partial charge in [0.2, 0.25) is 0 Å². The second-order valence-electron chi connectivity index (χ2n) is 12.7. The fraction of sp³-hybridized carbons (Fsp3) is 0.486. The summed E-state index contributed by atoms with van der Waals surface area (Å²) in [6, 6.07) is 25.3. The van der Waals surface area contributed by atoms with E-state index in [1.54, 1.807) is 0 Å². The molecule has 3 fully saturated rings. The van der Waals surface area contributed by atoms with Crippen LogP contribution in [0.5, 0.6) is 0 Å². The van der Waals surface area contributed by atoms with Gasteiger partial charge in [-0.1, -0.05) is 60.7 Å². The van der Waals surface area contributed by atoms with E-state index in [0.717, 1.165) is 52.9 Å². The van der Waals surface area contributed by atoms with Crippen molar-refractivity contribution in [2.75, 3.05) is 39.3 Å². The zero-order valence-electron chi connectivity index (χ0n) is 26.5. The van der Waals surface area contributed by atoms with Crippen LogP contribution >= 0.6 is 0 Å². The van der Waals surface area contributed by atoms with Gasteiger partial charge >= 0.3 is 6.03 Å². The molecular formula is C37H48N4O4. The van der Waals surface area contributed by atoms with E-state index in [0.29, 0.717) is 19.1 Å². The van der Waals surface area contributed by atoms with Crippen LogP contribution in [-0.4, -0.2) is 72.4 Å². The minimum Gasteiger partial charge on any atom is -0.392 e. The summed E-state index contributed by atoms with van der Waals surface area (Å²) >= 11 is 0. The Morgan fingerprint density at radius 2 is 1.62 bits per heavy atom. The van der Waals surface area contributed by atoms with Crippen LogP contribution in [0.1, 0.15) is 73.7 Å². The summed E-state index contributed by atoms with van der Waals surface area (Å²) in [6.07, 6.45) is 5.39. The summed E-state index contributed by atoms with van der Waals surface area (Å²) in [5.41, 5.74) is 6.21. The molecule has 0 spiro atoms. The molecule has 0 aliphatic carbocycles. The van der Waals surface area contributed by atoms with Gasteiger partial charge in [0.1, 0.15) is 0 Å². The summed E-state index contributed by atoms with van der Waals surface area (Å²) in [4.78, 5) is 17.2. The van der Waals surface area contributed by atoms with E-state index in [1.165, 1.54) is 45.3 Å². The maximum Gasteiger partial charge on any atom is 0.315 e. The Morgan fingerprint density at radius 1 is 0.844 bits per heavy atom. The molecule has 240 valence electrons. The standard InChI is InChI=1S/C37H48N4O4/c1-2-38-37(43)39-23-28-8-5-9-30(20-28)31-10-6-11-32(21-31)36-44-34(22-35(45-36)29-15-13-27(26-42)14-16-29)25-41-19-7-12-33(41)24-40-17-3-4-18-40/h5-6,8-11,13-16,20-21,33-36,42H,2-4,7,12,17-19,22-26H2,1H3,(H2,38,39,43)/t33-,34-,35+,36+/m0/s1. The van der Waals surface area contributed by atoms with Crippen LogP contribution in [0.2, 0.25) is 0 Å². The number of ether oxygens (including phenoxy) is 2. The number of carbonyl (C=O) groups excluding carboxylic acids is 1. The summed E-state index contributed by atoms with van der Waals surface area (Å²) in [7, 11) is 0. The molecule has 3 aliphatic heterocycles. The van der Waals surface area contributed by atoms with Gasteiger partial charge in [-0.2, -0.15) is 0 Å². The van der Waals surface area contributed by atoms with Crippen molar-refractivity contribution in [3.05, 3.63) is 95.1 Å². The molecule has 3 aliphatic rings. The van der Waals surface area contributed by atoms with Gasteiger partial charge < -0.3 is 30.1 Å². The van der Waals surface area contributed by atoms with E-state index >= 15 is 0 Å². The van der Waals surface area contributed by atoms with E-state index in [2.05, 4.69) is 69.0 Å². The van der Waals surface area contributed by atoms with Crippen molar-refractivity contribution in [2.45, 2.75) is 76.7 Å². The maximum absolute atomic E-state index is 11.9. The topological polar surface area (TPSA) is 86.3 Å². The van der Waals surface area contributed by atoms with Crippen molar-refractivity contribution in [3.63, 3.8) is 0 Å². The van der Waals surface area contributed by atoms with Gasteiger partial charge in [-0.05, 0) is 92.2 Å². The van der Waals surface area contributed by atoms with Crippen LogP contribution in [0.15, 0.2) is 72.8 Å². The molecule has 0 saturated carbocycles. The SMILES string of the molecule is CCNC(=O)NCc1cccc(-c2cccc([C@@H]3O[C@H](CN4CCC[C@H]4CN4CCCC4)C[C@H](c4ccc(CO)cc4)O3)c2)c1. The molecule has 3 heterocycles. The number of hydrogen-bond acceptors (Lipinski definition) is 6. The van der Waals surface area contributed by atoms with Crippen molar-refractivity contribution in [1.29, 1.82) is 0 Å². The number of rotatable bonds is 11. The molecule has 0 unspecified atom stereocenters. The van der Waals surface area contributed by atoms with Crippen LogP contribution in [0, 0.1) is 0 Å². The molecule has 0 aromatic heterocycles. The molecule has 45 heavy (non-hydrogen) atoms. The van der Waals surface area contributed by atoms with Gasteiger partial charge in [-0.25, -0.2) is 4.79 Å². The lowest BCUT2D eigenvalue weighted by atomic mass is 9.98. The first-order chi connectivity index (χ1) is 22.1. The number of amides is 2. The van der Waals surface area contributed by atoms with Crippen LogP contribution in [-0.2, 0) is 22.6 Å². The number of urea groups is 1. The highest BCUT2D eigenvalue weighted by atomic mass is 16.7. The van der Waals surface area contributed by atoms with Crippen LogP contribution in [0.3, 0.4) is 0 Å². The quantitative estimate of drug-likeness (QED) is 0.255. The van der Waals surface area contributed by atoms with Gasteiger partial charge in [0, 0.05) is 44.2 Å². The molecule has 0 bridgehead atoms. The van der Waals surface area contributed by atoms with Gasteiger partial charge in [-0.15, -0.1) is 0 Å². The predicted octanol–water partition coefficient (Wildman–Crippen LogP) is 5.77. The summed E-state index contributed by atoms with van der Waals surface area (Å²) in [5.74, 6) is 0. The second kappa shape index (κ2) is 15.3. The maximum atomic E-state index is 11.9. The zero-order chi connectivity index (χ0) is 31.0. The summed E-state index contributed by atoms with van der Waals surface area (Å²) in [6.45, 7) is 8.65. The number of likely N-dealkylation sites (tertiary alicyclic amines) is 2. The monoisotopic (exact) mass is 612 g/mol. The average Bonchev–Trinajstić information content (AvgIpc) is 3.76. The molecule has 3 saturated heterocycles. The van der Waals surface area contributed by atoms with E-state index in [4.69, 9.17) is 9.47 Å². The third-order valence-electron chi connectivity index (χ3n) is 9.43. The Kier molecular flexibility index (Phi) is 10.8. The molecule has 8 heteroatoms.